The first-order chi connectivity index (χ1) is 7.19. The van der Waals surface area contributed by atoms with Crippen molar-refractivity contribution in [3.63, 3.8) is 0 Å². The molecule has 0 saturated heterocycles. The predicted octanol–water partition coefficient (Wildman–Crippen LogP) is 3.85. The smallest absolute Gasteiger partial charge is 0.0818 e. The Balaban J connectivity index is 0.000000337. The summed E-state index contributed by atoms with van der Waals surface area (Å²) < 4.78 is 0. The van der Waals surface area contributed by atoms with E-state index in [1.807, 2.05) is 12.1 Å². The Hall–Kier alpha value is -0.820. The Kier molecular flexibility index (Phi) is 4.83. The average Bonchev–Trinajstić information content (AvgIpc) is 3.02. The normalized spacial score (nSPS) is 16.5. The van der Waals surface area contributed by atoms with Gasteiger partial charge in [-0.2, -0.15) is 0 Å². The van der Waals surface area contributed by atoms with Gasteiger partial charge in [0.2, 0.25) is 0 Å². The molecular weight excluding hydrogens is 184 g/mol. The molecule has 15 heavy (non-hydrogen) atoms. The van der Waals surface area contributed by atoms with E-state index in [4.69, 9.17) is 0 Å². The highest BCUT2D eigenvalue weighted by Crippen LogP contribution is 2.40. The van der Waals surface area contributed by atoms with Gasteiger partial charge in [0, 0.05) is 0 Å². The number of benzene rings is 1. The second-order valence-corrected chi connectivity index (χ2v) is 4.40. The fraction of sp³-hybridized carbons (Fsp3) is 0.571. The van der Waals surface area contributed by atoms with E-state index < -0.39 is 0 Å². The van der Waals surface area contributed by atoms with Gasteiger partial charge in [-0.15, -0.1) is 0 Å². The Morgan fingerprint density at radius 2 is 1.67 bits per heavy atom. The van der Waals surface area contributed by atoms with Crippen LogP contribution in [0.5, 0.6) is 0 Å². The molecule has 1 heteroatoms. The van der Waals surface area contributed by atoms with Crippen LogP contribution >= 0.6 is 0 Å². The molecule has 0 radical (unpaired) electrons. The lowest BCUT2D eigenvalue weighted by atomic mass is 10.0. The fourth-order valence-corrected chi connectivity index (χ4v) is 1.45. The van der Waals surface area contributed by atoms with E-state index in [1.54, 1.807) is 0 Å². The molecule has 1 aliphatic rings. The molecule has 1 N–H and O–H groups in total. The topological polar surface area (TPSA) is 20.2 Å². The first kappa shape index (κ1) is 12.3. The summed E-state index contributed by atoms with van der Waals surface area (Å²) in [5, 5.41) is 9.75. The Morgan fingerprint density at radius 1 is 1.20 bits per heavy atom. The Morgan fingerprint density at radius 3 is 2.07 bits per heavy atom. The summed E-state index contributed by atoms with van der Waals surface area (Å²) >= 11 is 0. The summed E-state index contributed by atoms with van der Waals surface area (Å²) in [6.07, 6.45) is 3.41. The quantitative estimate of drug-likeness (QED) is 0.779. The number of rotatable bonds is 2. The van der Waals surface area contributed by atoms with Gasteiger partial charge in [-0.3, -0.25) is 0 Å². The molecule has 0 spiro atoms. The molecular formula is C14H22O. The Bertz CT molecular complexity index is 272. The summed E-state index contributed by atoms with van der Waals surface area (Å²) in [6, 6.07) is 8.17. The minimum absolute atomic E-state index is 0.217. The van der Waals surface area contributed by atoms with Crippen LogP contribution < -0.4 is 0 Å². The van der Waals surface area contributed by atoms with E-state index in [0.29, 0.717) is 5.92 Å². The number of aliphatic hydroxyl groups excluding tert-OH is 1. The lowest BCUT2D eigenvalue weighted by molar-refractivity contribution is 0.154. The van der Waals surface area contributed by atoms with Gasteiger partial charge in [-0.05, 0) is 31.2 Å². The van der Waals surface area contributed by atoms with Gasteiger partial charge in [0.25, 0.3) is 0 Å². The number of hydrogen-bond acceptors (Lipinski definition) is 1. The average molecular weight is 206 g/mol. The van der Waals surface area contributed by atoms with E-state index in [0.717, 1.165) is 5.56 Å². The van der Waals surface area contributed by atoms with Crippen LogP contribution in [0.25, 0.3) is 0 Å². The molecule has 0 bridgehead atoms. The Labute approximate surface area is 93.1 Å². The highest BCUT2D eigenvalue weighted by Gasteiger charge is 2.30. The summed E-state index contributed by atoms with van der Waals surface area (Å²) in [5.74, 6) is 0.535. The van der Waals surface area contributed by atoms with Crippen LogP contribution in [0.4, 0.5) is 0 Å². The molecule has 0 amide bonds. The van der Waals surface area contributed by atoms with Crippen LogP contribution in [0.3, 0.4) is 0 Å². The van der Waals surface area contributed by atoms with Crippen molar-refractivity contribution in [2.75, 3.05) is 0 Å². The first-order valence-electron chi connectivity index (χ1n) is 5.93. The van der Waals surface area contributed by atoms with Gasteiger partial charge in [-0.1, -0.05) is 50.1 Å². The largest absolute Gasteiger partial charge is 0.388 e. The van der Waals surface area contributed by atoms with Crippen molar-refractivity contribution in [2.45, 2.75) is 46.1 Å². The van der Waals surface area contributed by atoms with Crippen LogP contribution in [0.15, 0.2) is 24.3 Å². The minimum atomic E-state index is -0.217. The van der Waals surface area contributed by atoms with Gasteiger partial charge in [-0.25, -0.2) is 0 Å². The minimum Gasteiger partial charge on any atom is -0.388 e. The third kappa shape index (κ3) is 4.05. The number of aliphatic hydroxyl groups is 1. The summed E-state index contributed by atoms with van der Waals surface area (Å²) in [4.78, 5) is 0. The highest BCUT2D eigenvalue weighted by atomic mass is 16.3. The molecule has 1 aromatic carbocycles. The van der Waals surface area contributed by atoms with Crippen molar-refractivity contribution in [3.05, 3.63) is 35.4 Å². The van der Waals surface area contributed by atoms with Crippen LogP contribution in [0.2, 0.25) is 0 Å². The molecule has 1 atom stereocenters. The van der Waals surface area contributed by atoms with Crippen molar-refractivity contribution < 1.29 is 5.11 Å². The zero-order valence-electron chi connectivity index (χ0n) is 10.0. The lowest BCUT2D eigenvalue weighted by Crippen LogP contribution is -1.98. The van der Waals surface area contributed by atoms with E-state index >= 15 is 0 Å². The second-order valence-electron chi connectivity index (χ2n) is 4.40. The first-order valence-corrected chi connectivity index (χ1v) is 5.93. The zero-order valence-corrected chi connectivity index (χ0v) is 10.0. The molecule has 1 aliphatic carbocycles. The monoisotopic (exact) mass is 206 g/mol. The summed E-state index contributed by atoms with van der Waals surface area (Å²) in [5.41, 5.74) is 2.32. The van der Waals surface area contributed by atoms with Gasteiger partial charge in [0.1, 0.15) is 0 Å². The van der Waals surface area contributed by atoms with Crippen molar-refractivity contribution >= 4 is 0 Å². The van der Waals surface area contributed by atoms with Crippen molar-refractivity contribution in [1.82, 2.24) is 0 Å². The molecule has 1 aromatic rings. The van der Waals surface area contributed by atoms with Crippen LogP contribution in [-0.2, 0) is 0 Å². The van der Waals surface area contributed by atoms with Crippen LogP contribution in [-0.4, -0.2) is 5.11 Å². The van der Waals surface area contributed by atoms with E-state index in [-0.39, 0.29) is 6.10 Å². The van der Waals surface area contributed by atoms with Crippen LogP contribution in [0, 0.1) is 12.8 Å². The molecule has 2 rings (SSSR count). The molecule has 84 valence electrons. The van der Waals surface area contributed by atoms with E-state index in [1.165, 1.54) is 24.8 Å². The summed E-state index contributed by atoms with van der Waals surface area (Å²) in [6.45, 7) is 6.31. The van der Waals surface area contributed by atoms with Crippen molar-refractivity contribution in [2.24, 2.45) is 5.92 Å². The lowest BCUT2D eigenvalue weighted by Gasteiger charge is -2.08. The third-order valence-corrected chi connectivity index (χ3v) is 2.49. The van der Waals surface area contributed by atoms with Gasteiger partial charge in [0.05, 0.1) is 6.10 Å². The zero-order chi connectivity index (χ0) is 11.3. The molecule has 0 aromatic heterocycles. The molecule has 1 fully saturated rings. The summed E-state index contributed by atoms with van der Waals surface area (Å²) in [7, 11) is 0. The van der Waals surface area contributed by atoms with Crippen molar-refractivity contribution in [1.29, 1.82) is 0 Å². The molecule has 0 heterocycles. The van der Waals surface area contributed by atoms with E-state index in [9.17, 15) is 5.11 Å². The molecule has 1 nitrogen and oxygen atoms in total. The van der Waals surface area contributed by atoms with Gasteiger partial charge in [0.15, 0.2) is 0 Å². The van der Waals surface area contributed by atoms with E-state index in [2.05, 4.69) is 32.9 Å². The number of aryl methyl sites for hydroxylation is 1. The SMILES string of the molecule is CCC.Cc1ccc(C(O)C2CC2)cc1. The molecule has 1 unspecified atom stereocenters. The van der Waals surface area contributed by atoms with Crippen molar-refractivity contribution in [3.8, 4) is 0 Å². The fourth-order valence-electron chi connectivity index (χ4n) is 1.45. The standard InChI is InChI=1S/C11H14O.C3H8/c1-8-2-4-9(5-3-8)11(12)10-6-7-10;1-3-2/h2-5,10-12H,6-7H2,1H3;3H2,1-2H3. The second kappa shape index (κ2) is 5.92. The maximum atomic E-state index is 9.75. The predicted molar refractivity (Wildman–Crippen MR) is 64.8 cm³/mol. The third-order valence-electron chi connectivity index (χ3n) is 2.49. The molecule has 0 aliphatic heterocycles. The number of hydrogen-bond donors (Lipinski definition) is 1. The van der Waals surface area contributed by atoms with Gasteiger partial charge < -0.3 is 5.11 Å². The molecule has 1 saturated carbocycles. The highest BCUT2D eigenvalue weighted by molar-refractivity contribution is 5.24. The van der Waals surface area contributed by atoms with Crippen LogP contribution in [0.1, 0.15) is 50.3 Å². The van der Waals surface area contributed by atoms with Gasteiger partial charge >= 0.3 is 0 Å². The maximum absolute atomic E-state index is 9.75. The maximum Gasteiger partial charge on any atom is 0.0818 e.